The Morgan fingerprint density at radius 3 is 2.46 bits per heavy atom. The minimum Gasteiger partial charge on any atom is -0.310 e. The van der Waals surface area contributed by atoms with Crippen LogP contribution < -0.4 is 5.32 Å². The van der Waals surface area contributed by atoms with Crippen LogP contribution in [-0.2, 0) is 17.3 Å². The molecule has 1 aliphatic carbocycles. The molecule has 136 valence electrons. The first-order chi connectivity index (χ1) is 11.0. The van der Waals surface area contributed by atoms with Gasteiger partial charge in [0.25, 0.3) is 0 Å². The Hall–Kier alpha value is -0.860. The van der Waals surface area contributed by atoms with Gasteiger partial charge >= 0.3 is 0 Å². The Bertz CT molecular complexity index is 564. The van der Waals surface area contributed by atoms with Gasteiger partial charge in [0.2, 0.25) is 0 Å². The highest BCUT2D eigenvalue weighted by Crippen LogP contribution is 2.43. The molecule has 0 heterocycles. The minimum absolute atomic E-state index is 0.201. The monoisotopic (exact) mass is 330 g/mol. The van der Waals surface area contributed by atoms with Gasteiger partial charge in [-0.2, -0.15) is 0 Å². The maximum atomic E-state index is 3.76. The summed E-state index contributed by atoms with van der Waals surface area (Å²) in [5, 5.41) is 3.76. The number of hydrogen-bond donors (Lipinski definition) is 1. The van der Waals surface area contributed by atoms with Crippen LogP contribution in [0, 0.1) is 0 Å². The summed E-state index contributed by atoms with van der Waals surface area (Å²) >= 11 is 0. The maximum absolute atomic E-state index is 3.76. The van der Waals surface area contributed by atoms with Gasteiger partial charge in [0, 0.05) is 6.04 Å². The number of fused-ring (bicyclic) bond motifs is 1. The molecule has 0 aliphatic heterocycles. The maximum Gasteiger partial charge on any atom is 0.0294 e. The van der Waals surface area contributed by atoms with Gasteiger partial charge in [-0.15, -0.1) is 0 Å². The van der Waals surface area contributed by atoms with Gasteiger partial charge in [-0.3, -0.25) is 0 Å². The van der Waals surface area contributed by atoms with Crippen LogP contribution in [0.4, 0.5) is 0 Å². The second-order valence-corrected chi connectivity index (χ2v) is 9.56. The first-order valence-electron chi connectivity index (χ1n) is 9.58. The van der Waals surface area contributed by atoms with E-state index in [0.29, 0.717) is 11.5 Å². The molecular formula is C22H38N2. The zero-order chi connectivity index (χ0) is 18.1. The van der Waals surface area contributed by atoms with Gasteiger partial charge in [0.15, 0.2) is 0 Å². The molecular weight excluding hydrogens is 292 g/mol. The molecule has 2 rings (SSSR count). The van der Waals surface area contributed by atoms with Gasteiger partial charge < -0.3 is 10.2 Å². The van der Waals surface area contributed by atoms with Crippen molar-refractivity contribution in [3.05, 3.63) is 34.4 Å². The highest BCUT2D eigenvalue weighted by molar-refractivity contribution is 5.49. The third kappa shape index (κ3) is 4.40. The van der Waals surface area contributed by atoms with Gasteiger partial charge in [-0.05, 0) is 86.5 Å². The molecule has 1 aromatic carbocycles. The number of benzene rings is 1. The summed E-state index contributed by atoms with van der Waals surface area (Å²) < 4.78 is 0. The predicted molar refractivity (Wildman–Crippen MR) is 106 cm³/mol. The summed E-state index contributed by atoms with van der Waals surface area (Å²) in [5.74, 6) is 0. The van der Waals surface area contributed by atoms with Crippen LogP contribution in [0.15, 0.2) is 12.1 Å². The van der Waals surface area contributed by atoms with Crippen molar-refractivity contribution >= 4 is 0 Å². The standard InChI is InChI=1S/C22H38N2/c1-16(23-12-9-13-24(7)8)19-14-17(21(2,3)4)15-20-18(19)10-11-22(20,5)6/h14-16,23H,9-13H2,1-8H3/t16-/m0/s1. The largest absolute Gasteiger partial charge is 0.310 e. The third-order valence-corrected chi connectivity index (χ3v) is 5.58. The molecule has 2 nitrogen and oxygen atoms in total. The average molecular weight is 331 g/mol. The summed E-state index contributed by atoms with van der Waals surface area (Å²) in [6.45, 7) is 16.4. The fourth-order valence-electron chi connectivity index (χ4n) is 3.79. The van der Waals surface area contributed by atoms with Gasteiger partial charge in [0.05, 0.1) is 0 Å². The van der Waals surface area contributed by atoms with Crippen molar-refractivity contribution in [2.45, 2.75) is 77.7 Å². The molecule has 2 heteroatoms. The lowest BCUT2D eigenvalue weighted by molar-refractivity contribution is 0.389. The van der Waals surface area contributed by atoms with Crippen LogP contribution in [-0.4, -0.2) is 32.1 Å². The van der Waals surface area contributed by atoms with Crippen molar-refractivity contribution in [3.8, 4) is 0 Å². The molecule has 1 aromatic rings. The molecule has 1 N–H and O–H groups in total. The molecule has 0 unspecified atom stereocenters. The summed E-state index contributed by atoms with van der Waals surface area (Å²) in [4.78, 5) is 2.26. The van der Waals surface area contributed by atoms with Crippen molar-refractivity contribution in [3.63, 3.8) is 0 Å². The zero-order valence-corrected chi connectivity index (χ0v) is 17.2. The molecule has 1 aliphatic rings. The van der Waals surface area contributed by atoms with E-state index < -0.39 is 0 Å². The molecule has 1 atom stereocenters. The second kappa shape index (κ2) is 7.17. The van der Waals surface area contributed by atoms with Gasteiger partial charge in [-0.1, -0.05) is 46.8 Å². The normalized spacial score (nSPS) is 18.0. The highest BCUT2D eigenvalue weighted by atomic mass is 15.1. The Labute approximate surface area is 150 Å². The Kier molecular flexibility index (Phi) is 5.82. The van der Waals surface area contributed by atoms with Gasteiger partial charge in [-0.25, -0.2) is 0 Å². The van der Waals surface area contributed by atoms with E-state index in [0.717, 1.165) is 13.1 Å². The molecule has 0 amide bonds. The number of nitrogens with one attached hydrogen (secondary N) is 1. The van der Waals surface area contributed by atoms with E-state index in [2.05, 4.69) is 78.0 Å². The fourth-order valence-corrected chi connectivity index (χ4v) is 3.79. The quantitative estimate of drug-likeness (QED) is 0.753. The molecule has 0 bridgehead atoms. The first kappa shape index (κ1) is 19.5. The van der Waals surface area contributed by atoms with E-state index in [9.17, 15) is 0 Å². The van der Waals surface area contributed by atoms with E-state index in [1.165, 1.54) is 30.4 Å². The molecule has 0 fully saturated rings. The van der Waals surface area contributed by atoms with Crippen molar-refractivity contribution in [2.24, 2.45) is 0 Å². The fraction of sp³-hybridized carbons (Fsp3) is 0.727. The number of nitrogens with zero attached hydrogens (tertiary/aromatic N) is 1. The average Bonchev–Trinajstić information content (AvgIpc) is 2.77. The van der Waals surface area contributed by atoms with Crippen LogP contribution in [0.1, 0.15) is 82.7 Å². The number of hydrogen-bond acceptors (Lipinski definition) is 2. The number of rotatable bonds is 6. The first-order valence-corrected chi connectivity index (χ1v) is 9.58. The van der Waals surface area contributed by atoms with E-state index in [4.69, 9.17) is 0 Å². The van der Waals surface area contributed by atoms with Gasteiger partial charge in [0.1, 0.15) is 0 Å². The predicted octanol–water partition coefficient (Wildman–Crippen LogP) is 4.81. The molecule has 0 saturated heterocycles. The Balaban J connectivity index is 2.27. The van der Waals surface area contributed by atoms with Crippen LogP contribution in [0.2, 0.25) is 0 Å². The Morgan fingerprint density at radius 1 is 1.21 bits per heavy atom. The minimum atomic E-state index is 0.201. The van der Waals surface area contributed by atoms with Crippen molar-refractivity contribution in [1.82, 2.24) is 10.2 Å². The summed E-state index contributed by atoms with van der Waals surface area (Å²) in [5.41, 5.74) is 6.73. The van der Waals surface area contributed by atoms with Crippen LogP contribution in [0.25, 0.3) is 0 Å². The summed E-state index contributed by atoms with van der Waals surface area (Å²) in [7, 11) is 4.29. The topological polar surface area (TPSA) is 15.3 Å². The lowest BCUT2D eigenvalue weighted by Gasteiger charge is -2.28. The molecule has 0 spiro atoms. The van der Waals surface area contributed by atoms with E-state index in [-0.39, 0.29) is 5.41 Å². The van der Waals surface area contributed by atoms with E-state index in [1.54, 1.807) is 11.1 Å². The SMILES string of the molecule is C[C@H](NCCCN(C)C)c1cc(C(C)(C)C)cc2c1CCC2(C)C. The second-order valence-electron chi connectivity index (χ2n) is 9.56. The van der Waals surface area contributed by atoms with E-state index in [1.807, 2.05) is 0 Å². The van der Waals surface area contributed by atoms with Crippen molar-refractivity contribution in [1.29, 1.82) is 0 Å². The Morgan fingerprint density at radius 2 is 1.88 bits per heavy atom. The molecule has 24 heavy (non-hydrogen) atoms. The van der Waals surface area contributed by atoms with E-state index >= 15 is 0 Å². The molecule has 0 saturated carbocycles. The molecule has 0 radical (unpaired) electrons. The van der Waals surface area contributed by atoms with Crippen LogP contribution in [0.5, 0.6) is 0 Å². The van der Waals surface area contributed by atoms with Crippen LogP contribution >= 0.6 is 0 Å². The summed E-state index contributed by atoms with van der Waals surface area (Å²) in [6.07, 6.45) is 3.70. The summed E-state index contributed by atoms with van der Waals surface area (Å²) in [6, 6.07) is 5.39. The van der Waals surface area contributed by atoms with Crippen molar-refractivity contribution < 1.29 is 0 Å². The third-order valence-electron chi connectivity index (χ3n) is 5.58. The van der Waals surface area contributed by atoms with Crippen molar-refractivity contribution in [2.75, 3.05) is 27.2 Å². The highest BCUT2D eigenvalue weighted by Gasteiger charge is 2.33. The zero-order valence-electron chi connectivity index (χ0n) is 17.2. The molecule has 0 aromatic heterocycles. The van der Waals surface area contributed by atoms with Crippen LogP contribution in [0.3, 0.4) is 0 Å². The lowest BCUT2D eigenvalue weighted by Crippen LogP contribution is -2.25. The lowest BCUT2D eigenvalue weighted by atomic mass is 9.79. The smallest absolute Gasteiger partial charge is 0.0294 e.